The number of hydrogen-bond acceptors (Lipinski definition) is 5. The van der Waals surface area contributed by atoms with Gasteiger partial charge in [0.2, 0.25) is 5.88 Å². The summed E-state index contributed by atoms with van der Waals surface area (Å²) >= 11 is 0. The number of fused-ring (bicyclic) bond motifs is 1. The molecule has 0 aliphatic carbocycles. The molecule has 1 aromatic carbocycles. The molecule has 6 nitrogen and oxygen atoms in total. The number of imidazole rings is 1. The number of methoxy groups -OCH3 is 1. The molecule has 2 heterocycles. The predicted octanol–water partition coefficient (Wildman–Crippen LogP) is 1.81. The van der Waals surface area contributed by atoms with E-state index >= 15 is 0 Å². The number of nitrogens with zero attached hydrogens (tertiary/aromatic N) is 3. The minimum atomic E-state index is -3.19. The first kappa shape index (κ1) is 13.6. The average Bonchev–Trinajstić information content (AvgIpc) is 2.89. The van der Waals surface area contributed by atoms with Crippen LogP contribution in [0.3, 0.4) is 0 Å². The van der Waals surface area contributed by atoms with E-state index in [2.05, 4.69) is 10.1 Å². The third-order valence-corrected chi connectivity index (χ3v) is 4.21. The Morgan fingerprint density at radius 2 is 1.81 bits per heavy atom. The predicted molar refractivity (Wildman–Crippen MR) is 78.1 cm³/mol. The molecule has 0 atom stereocenters. The summed E-state index contributed by atoms with van der Waals surface area (Å²) in [6.07, 6.45) is 2.95. The number of hydrogen-bond donors (Lipinski definition) is 0. The molecule has 0 aliphatic heterocycles. The first-order chi connectivity index (χ1) is 9.97. The average molecular weight is 303 g/mol. The number of ether oxygens (including phenoxy) is 1. The molecule has 0 unspecified atom stereocenters. The summed E-state index contributed by atoms with van der Waals surface area (Å²) < 4.78 is 29.6. The van der Waals surface area contributed by atoms with Crippen molar-refractivity contribution in [1.82, 2.24) is 14.6 Å². The molecule has 0 aliphatic rings. The monoisotopic (exact) mass is 303 g/mol. The van der Waals surface area contributed by atoms with Crippen molar-refractivity contribution in [3.63, 3.8) is 0 Å². The summed E-state index contributed by atoms with van der Waals surface area (Å²) in [5.41, 5.74) is 2.24. The Bertz CT molecular complexity index is 899. The fraction of sp³-hybridized carbons (Fsp3) is 0.143. The van der Waals surface area contributed by atoms with Crippen LogP contribution in [-0.4, -0.2) is 36.4 Å². The lowest BCUT2D eigenvalue weighted by molar-refractivity contribution is 0.390. The van der Waals surface area contributed by atoms with Crippen LogP contribution in [0.5, 0.6) is 5.88 Å². The summed E-state index contributed by atoms with van der Waals surface area (Å²) in [6, 6.07) is 10.1. The van der Waals surface area contributed by atoms with Gasteiger partial charge in [0.15, 0.2) is 15.5 Å². The van der Waals surface area contributed by atoms with Crippen molar-refractivity contribution in [2.75, 3.05) is 13.4 Å². The van der Waals surface area contributed by atoms with Gasteiger partial charge in [0, 0.05) is 17.9 Å². The molecule has 0 bridgehead atoms. The molecular formula is C14H13N3O3S. The first-order valence-electron chi connectivity index (χ1n) is 6.18. The van der Waals surface area contributed by atoms with E-state index in [0.717, 1.165) is 11.3 Å². The number of benzene rings is 1. The molecule has 108 valence electrons. The first-order valence-corrected chi connectivity index (χ1v) is 8.07. The molecule has 0 saturated carbocycles. The molecule has 3 aromatic rings. The van der Waals surface area contributed by atoms with Gasteiger partial charge < -0.3 is 4.74 Å². The SMILES string of the molecule is COc1ccc2nc(-c3ccc(S(C)(=O)=O)cc3)cn2n1. The van der Waals surface area contributed by atoms with Gasteiger partial charge in [-0.25, -0.2) is 17.9 Å². The molecular weight excluding hydrogens is 290 g/mol. The van der Waals surface area contributed by atoms with Gasteiger partial charge in [0.05, 0.1) is 23.9 Å². The van der Waals surface area contributed by atoms with Gasteiger partial charge in [-0.3, -0.25) is 0 Å². The highest BCUT2D eigenvalue weighted by Crippen LogP contribution is 2.21. The van der Waals surface area contributed by atoms with Gasteiger partial charge in [-0.05, 0) is 18.2 Å². The van der Waals surface area contributed by atoms with E-state index in [-0.39, 0.29) is 4.90 Å². The lowest BCUT2D eigenvalue weighted by Gasteiger charge is -1.99. The smallest absolute Gasteiger partial charge is 0.231 e. The van der Waals surface area contributed by atoms with Gasteiger partial charge in [0.1, 0.15) is 0 Å². The lowest BCUT2D eigenvalue weighted by Crippen LogP contribution is -1.96. The van der Waals surface area contributed by atoms with Crippen LogP contribution in [0.2, 0.25) is 0 Å². The highest BCUT2D eigenvalue weighted by atomic mass is 32.2. The van der Waals surface area contributed by atoms with E-state index in [1.165, 1.54) is 6.26 Å². The number of sulfone groups is 1. The Morgan fingerprint density at radius 1 is 1.10 bits per heavy atom. The number of aromatic nitrogens is 3. The van der Waals surface area contributed by atoms with Crippen molar-refractivity contribution in [2.45, 2.75) is 4.90 Å². The van der Waals surface area contributed by atoms with E-state index < -0.39 is 9.84 Å². The molecule has 0 saturated heterocycles. The zero-order valence-electron chi connectivity index (χ0n) is 11.5. The van der Waals surface area contributed by atoms with Crippen molar-refractivity contribution < 1.29 is 13.2 Å². The van der Waals surface area contributed by atoms with Gasteiger partial charge in [-0.15, -0.1) is 5.10 Å². The van der Waals surface area contributed by atoms with Crippen LogP contribution >= 0.6 is 0 Å². The molecule has 2 aromatic heterocycles. The van der Waals surface area contributed by atoms with Gasteiger partial charge in [-0.1, -0.05) is 12.1 Å². The molecule has 7 heteroatoms. The Labute approximate surface area is 121 Å². The Morgan fingerprint density at radius 3 is 2.43 bits per heavy atom. The van der Waals surface area contributed by atoms with E-state index in [0.29, 0.717) is 11.5 Å². The molecule has 0 radical (unpaired) electrons. The second-order valence-electron chi connectivity index (χ2n) is 4.60. The molecule has 0 N–H and O–H groups in total. The van der Waals surface area contributed by atoms with Crippen LogP contribution in [0.1, 0.15) is 0 Å². The highest BCUT2D eigenvalue weighted by Gasteiger charge is 2.09. The van der Waals surface area contributed by atoms with E-state index in [9.17, 15) is 8.42 Å². The largest absolute Gasteiger partial charge is 0.480 e. The summed E-state index contributed by atoms with van der Waals surface area (Å²) in [7, 11) is -1.64. The highest BCUT2D eigenvalue weighted by molar-refractivity contribution is 7.90. The summed E-state index contributed by atoms with van der Waals surface area (Å²) in [6.45, 7) is 0. The second kappa shape index (κ2) is 4.85. The number of rotatable bonds is 3. The maximum atomic E-state index is 11.4. The van der Waals surface area contributed by atoms with Crippen LogP contribution in [0.15, 0.2) is 47.5 Å². The van der Waals surface area contributed by atoms with Crippen molar-refractivity contribution in [1.29, 1.82) is 0 Å². The Balaban J connectivity index is 2.04. The summed E-state index contributed by atoms with van der Waals surface area (Å²) in [4.78, 5) is 4.73. The summed E-state index contributed by atoms with van der Waals surface area (Å²) in [5.74, 6) is 0.499. The fourth-order valence-electron chi connectivity index (χ4n) is 1.99. The van der Waals surface area contributed by atoms with Crippen LogP contribution in [0.4, 0.5) is 0 Å². The van der Waals surface area contributed by atoms with Crippen LogP contribution in [0, 0.1) is 0 Å². The zero-order valence-corrected chi connectivity index (χ0v) is 12.3. The maximum Gasteiger partial charge on any atom is 0.231 e. The van der Waals surface area contributed by atoms with Crippen molar-refractivity contribution in [3.05, 3.63) is 42.6 Å². The molecule has 0 amide bonds. The van der Waals surface area contributed by atoms with Gasteiger partial charge in [-0.2, -0.15) is 0 Å². The fourth-order valence-corrected chi connectivity index (χ4v) is 2.62. The van der Waals surface area contributed by atoms with Gasteiger partial charge >= 0.3 is 0 Å². The second-order valence-corrected chi connectivity index (χ2v) is 6.62. The van der Waals surface area contributed by atoms with Crippen LogP contribution in [-0.2, 0) is 9.84 Å². The Kier molecular flexibility index (Phi) is 3.13. The van der Waals surface area contributed by atoms with Crippen molar-refractivity contribution >= 4 is 15.5 Å². The quantitative estimate of drug-likeness (QED) is 0.737. The van der Waals surface area contributed by atoms with Crippen LogP contribution < -0.4 is 4.74 Å². The van der Waals surface area contributed by atoms with E-state index in [1.807, 2.05) is 0 Å². The van der Waals surface area contributed by atoms with Crippen molar-refractivity contribution in [2.24, 2.45) is 0 Å². The molecule has 0 fully saturated rings. The van der Waals surface area contributed by atoms with Gasteiger partial charge in [0.25, 0.3) is 0 Å². The zero-order chi connectivity index (χ0) is 15.0. The summed E-state index contributed by atoms with van der Waals surface area (Å²) in [5, 5.41) is 4.23. The van der Waals surface area contributed by atoms with E-state index in [1.54, 1.807) is 54.2 Å². The minimum Gasteiger partial charge on any atom is -0.480 e. The molecule has 3 rings (SSSR count). The van der Waals surface area contributed by atoms with Crippen LogP contribution in [0.25, 0.3) is 16.9 Å². The van der Waals surface area contributed by atoms with Crippen molar-refractivity contribution in [3.8, 4) is 17.1 Å². The maximum absolute atomic E-state index is 11.4. The van der Waals surface area contributed by atoms with E-state index in [4.69, 9.17) is 4.74 Å². The Hall–Kier alpha value is -2.41. The third kappa shape index (κ3) is 2.59. The standard InChI is InChI=1S/C14H13N3O3S/c1-20-14-8-7-13-15-12(9-17(13)16-14)10-3-5-11(6-4-10)21(2,18)19/h3-9H,1-2H3. The lowest BCUT2D eigenvalue weighted by atomic mass is 10.2. The third-order valence-electron chi connectivity index (χ3n) is 3.08. The minimum absolute atomic E-state index is 0.287. The topological polar surface area (TPSA) is 73.6 Å². The normalized spacial score (nSPS) is 11.7. The molecule has 0 spiro atoms. The molecule has 21 heavy (non-hydrogen) atoms.